The molecule has 2 amide bonds. The van der Waals surface area contributed by atoms with Crippen LogP contribution < -0.4 is 15.4 Å². The monoisotopic (exact) mass is 334 g/mol. The molecule has 1 heterocycles. The standard InChI is InChI=1S/C17H26N4O3/c1-20(14-17(23)21-10-7-18-8-11-21)13-16(22)19-9-12-24-15-5-3-2-4-6-15/h2-6,18H,7-14H2,1H3,(H,19,22). The van der Waals surface area contributed by atoms with E-state index in [0.29, 0.717) is 13.2 Å². The van der Waals surface area contributed by atoms with Crippen LogP contribution in [0.25, 0.3) is 0 Å². The van der Waals surface area contributed by atoms with Gasteiger partial charge in [0.1, 0.15) is 12.4 Å². The first-order valence-corrected chi connectivity index (χ1v) is 8.27. The van der Waals surface area contributed by atoms with Crippen LogP contribution in [0.4, 0.5) is 0 Å². The lowest BCUT2D eigenvalue weighted by Crippen LogP contribution is -2.50. The van der Waals surface area contributed by atoms with E-state index in [0.717, 1.165) is 31.9 Å². The molecule has 0 saturated carbocycles. The van der Waals surface area contributed by atoms with Gasteiger partial charge in [0.2, 0.25) is 11.8 Å². The zero-order valence-corrected chi connectivity index (χ0v) is 14.2. The van der Waals surface area contributed by atoms with Crippen molar-refractivity contribution < 1.29 is 14.3 Å². The number of nitrogens with zero attached hydrogens (tertiary/aromatic N) is 2. The van der Waals surface area contributed by atoms with Gasteiger partial charge in [-0.3, -0.25) is 14.5 Å². The summed E-state index contributed by atoms with van der Waals surface area (Å²) in [6, 6.07) is 9.47. The van der Waals surface area contributed by atoms with Crippen LogP contribution in [0.1, 0.15) is 0 Å². The highest BCUT2D eigenvalue weighted by Crippen LogP contribution is 2.07. The molecule has 1 aromatic carbocycles. The van der Waals surface area contributed by atoms with Gasteiger partial charge >= 0.3 is 0 Å². The van der Waals surface area contributed by atoms with Gasteiger partial charge in [-0.1, -0.05) is 18.2 Å². The fourth-order valence-electron chi connectivity index (χ4n) is 2.48. The summed E-state index contributed by atoms with van der Waals surface area (Å²) in [6.45, 7) is 4.43. The third-order valence-corrected chi connectivity index (χ3v) is 3.72. The van der Waals surface area contributed by atoms with E-state index in [9.17, 15) is 9.59 Å². The summed E-state index contributed by atoms with van der Waals surface area (Å²) >= 11 is 0. The summed E-state index contributed by atoms with van der Waals surface area (Å²) in [7, 11) is 1.78. The van der Waals surface area contributed by atoms with Crippen molar-refractivity contribution in [3.8, 4) is 5.75 Å². The molecular weight excluding hydrogens is 308 g/mol. The first kappa shape index (κ1) is 18.2. The second-order valence-electron chi connectivity index (χ2n) is 5.81. The lowest BCUT2D eigenvalue weighted by Gasteiger charge is -2.29. The van der Waals surface area contributed by atoms with E-state index in [1.54, 1.807) is 11.9 Å². The van der Waals surface area contributed by atoms with E-state index in [4.69, 9.17) is 4.74 Å². The lowest BCUT2D eigenvalue weighted by molar-refractivity contribution is -0.133. The van der Waals surface area contributed by atoms with Crippen LogP contribution in [-0.2, 0) is 9.59 Å². The van der Waals surface area contributed by atoms with Crippen molar-refractivity contribution in [1.82, 2.24) is 20.4 Å². The average molecular weight is 334 g/mol. The van der Waals surface area contributed by atoms with Gasteiger partial charge in [-0.15, -0.1) is 0 Å². The molecule has 0 aromatic heterocycles. The van der Waals surface area contributed by atoms with E-state index >= 15 is 0 Å². The van der Waals surface area contributed by atoms with Gasteiger partial charge in [-0.25, -0.2) is 0 Å². The maximum absolute atomic E-state index is 12.1. The molecule has 1 aliphatic rings. The van der Waals surface area contributed by atoms with Crippen LogP contribution >= 0.6 is 0 Å². The highest BCUT2D eigenvalue weighted by atomic mass is 16.5. The maximum atomic E-state index is 12.1. The van der Waals surface area contributed by atoms with Crippen molar-refractivity contribution in [2.45, 2.75) is 0 Å². The number of para-hydroxylation sites is 1. The fraction of sp³-hybridized carbons (Fsp3) is 0.529. The number of ether oxygens (including phenoxy) is 1. The summed E-state index contributed by atoms with van der Waals surface area (Å²) in [5, 5.41) is 6.01. The largest absolute Gasteiger partial charge is 0.492 e. The molecular formula is C17H26N4O3. The highest BCUT2D eigenvalue weighted by molar-refractivity contribution is 5.81. The third kappa shape index (κ3) is 6.55. The molecule has 24 heavy (non-hydrogen) atoms. The molecule has 132 valence electrons. The number of nitrogens with one attached hydrogen (secondary N) is 2. The van der Waals surface area contributed by atoms with Gasteiger partial charge in [0.05, 0.1) is 19.6 Å². The Hall–Kier alpha value is -2.12. The molecule has 2 rings (SSSR count). The van der Waals surface area contributed by atoms with E-state index in [2.05, 4.69) is 10.6 Å². The molecule has 0 aliphatic carbocycles. The Morgan fingerprint density at radius 2 is 1.92 bits per heavy atom. The minimum atomic E-state index is -0.109. The Morgan fingerprint density at radius 3 is 2.62 bits per heavy atom. The second kappa shape index (κ2) is 9.89. The van der Waals surface area contributed by atoms with Crippen LogP contribution in [0.3, 0.4) is 0 Å². The highest BCUT2D eigenvalue weighted by Gasteiger charge is 2.18. The number of hydrogen-bond acceptors (Lipinski definition) is 5. The Labute approximate surface area is 142 Å². The summed E-state index contributed by atoms with van der Waals surface area (Å²) in [5.41, 5.74) is 0. The molecule has 0 atom stereocenters. The molecule has 0 radical (unpaired) electrons. The topological polar surface area (TPSA) is 73.9 Å². The van der Waals surface area contributed by atoms with Crippen LogP contribution in [0.15, 0.2) is 30.3 Å². The Kier molecular flexibility index (Phi) is 7.51. The normalized spacial score (nSPS) is 14.5. The maximum Gasteiger partial charge on any atom is 0.236 e. The molecule has 0 spiro atoms. The van der Waals surface area contributed by atoms with Crippen molar-refractivity contribution in [3.05, 3.63) is 30.3 Å². The van der Waals surface area contributed by atoms with Crippen LogP contribution in [-0.4, -0.2) is 81.1 Å². The van der Waals surface area contributed by atoms with Gasteiger partial charge in [0, 0.05) is 26.2 Å². The SMILES string of the molecule is CN(CC(=O)NCCOc1ccccc1)CC(=O)N1CCNCC1. The summed E-state index contributed by atoms with van der Waals surface area (Å²) in [4.78, 5) is 27.6. The predicted octanol–water partition coefficient (Wildman–Crippen LogP) is -0.455. The van der Waals surface area contributed by atoms with Crippen molar-refractivity contribution in [1.29, 1.82) is 0 Å². The van der Waals surface area contributed by atoms with Crippen LogP contribution in [0.5, 0.6) is 5.75 Å². The minimum Gasteiger partial charge on any atom is -0.492 e. The van der Waals surface area contributed by atoms with Gasteiger partial charge in [0.25, 0.3) is 0 Å². The second-order valence-corrected chi connectivity index (χ2v) is 5.81. The zero-order chi connectivity index (χ0) is 17.2. The summed E-state index contributed by atoms with van der Waals surface area (Å²) in [6.07, 6.45) is 0. The minimum absolute atomic E-state index is 0.0687. The van der Waals surface area contributed by atoms with Gasteiger partial charge < -0.3 is 20.3 Å². The molecule has 1 aliphatic heterocycles. The molecule has 7 nitrogen and oxygen atoms in total. The van der Waals surface area contributed by atoms with Crippen molar-refractivity contribution in [2.24, 2.45) is 0 Å². The molecule has 7 heteroatoms. The molecule has 2 N–H and O–H groups in total. The molecule has 0 bridgehead atoms. The van der Waals surface area contributed by atoms with E-state index in [1.807, 2.05) is 35.2 Å². The van der Waals surface area contributed by atoms with Crippen molar-refractivity contribution >= 4 is 11.8 Å². The molecule has 0 unspecified atom stereocenters. The summed E-state index contributed by atoms with van der Waals surface area (Å²) in [5.74, 6) is 0.743. The summed E-state index contributed by atoms with van der Waals surface area (Å²) < 4.78 is 5.51. The Bertz CT molecular complexity index is 518. The molecule has 1 fully saturated rings. The quantitative estimate of drug-likeness (QED) is 0.630. The number of amides is 2. The number of rotatable bonds is 8. The number of carbonyl (C=O) groups is 2. The first-order valence-electron chi connectivity index (χ1n) is 8.27. The predicted molar refractivity (Wildman–Crippen MR) is 91.9 cm³/mol. The lowest BCUT2D eigenvalue weighted by atomic mass is 10.3. The number of piperazine rings is 1. The Morgan fingerprint density at radius 1 is 1.21 bits per heavy atom. The molecule has 1 saturated heterocycles. The Balaban J connectivity index is 1.58. The average Bonchev–Trinajstić information content (AvgIpc) is 2.60. The number of benzene rings is 1. The molecule has 1 aromatic rings. The van der Waals surface area contributed by atoms with E-state index < -0.39 is 0 Å². The van der Waals surface area contributed by atoms with Gasteiger partial charge in [-0.2, -0.15) is 0 Å². The van der Waals surface area contributed by atoms with Crippen molar-refractivity contribution in [3.63, 3.8) is 0 Å². The number of carbonyl (C=O) groups excluding carboxylic acids is 2. The van der Waals surface area contributed by atoms with E-state index in [1.165, 1.54) is 0 Å². The van der Waals surface area contributed by atoms with Crippen molar-refractivity contribution in [2.75, 3.05) is 59.5 Å². The third-order valence-electron chi connectivity index (χ3n) is 3.72. The van der Waals surface area contributed by atoms with Gasteiger partial charge in [0.15, 0.2) is 0 Å². The van der Waals surface area contributed by atoms with E-state index in [-0.39, 0.29) is 24.9 Å². The smallest absolute Gasteiger partial charge is 0.236 e. The number of likely N-dealkylation sites (N-methyl/N-ethyl adjacent to an activating group) is 1. The van der Waals surface area contributed by atoms with Crippen LogP contribution in [0, 0.1) is 0 Å². The first-order chi connectivity index (χ1) is 11.6. The van der Waals surface area contributed by atoms with Gasteiger partial charge in [-0.05, 0) is 19.2 Å². The van der Waals surface area contributed by atoms with Crippen LogP contribution in [0.2, 0.25) is 0 Å². The zero-order valence-electron chi connectivity index (χ0n) is 14.2. The number of hydrogen-bond donors (Lipinski definition) is 2. The fourth-order valence-corrected chi connectivity index (χ4v) is 2.48.